The average molecular weight is 330 g/mol. The molecule has 126 valence electrons. The van der Waals surface area contributed by atoms with Gasteiger partial charge in [-0.15, -0.1) is 0 Å². The second-order valence-electron chi connectivity index (χ2n) is 6.42. The lowest BCUT2D eigenvalue weighted by Crippen LogP contribution is -2.37. The Morgan fingerprint density at radius 2 is 1.72 bits per heavy atom. The third-order valence-electron chi connectivity index (χ3n) is 4.64. The molecule has 0 N–H and O–H groups in total. The number of aromatic nitrogens is 1. The van der Waals surface area contributed by atoms with Crippen LogP contribution in [-0.4, -0.2) is 29.6 Å². The number of morpholine rings is 1. The molecule has 0 radical (unpaired) electrons. The third kappa shape index (κ3) is 3.95. The maximum absolute atomic E-state index is 5.96. The zero-order chi connectivity index (χ0) is 16.9. The van der Waals surface area contributed by atoms with Crippen LogP contribution in [0, 0.1) is 0 Å². The van der Waals surface area contributed by atoms with E-state index in [0.717, 1.165) is 37.5 Å². The van der Waals surface area contributed by atoms with Crippen LogP contribution in [0.1, 0.15) is 17.2 Å². The van der Waals surface area contributed by atoms with E-state index in [1.807, 2.05) is 30.5 Å². The van der Waals surface area contributed by atoms with E-state index in [1.54, 1.807) is 0 Å². The monoisotopic (exact) mass is 330 g/mol. The van der Waals surface area contributed by atoms with Gasteiger partial charge >= 0.3 is 0 Å². The zero-order valence-corrected chi connectivity index (χ0v) is 14.2. The molecule has 1 saturated heterocycles. The summed E-state index contributed by atoms with van der Waals surface area (Å²) in [6.45, 7) is 3.65. The van der Waals surface area contributed by atoms with E-state index in [9.17, 15) is 0 Å². The molecule has 0 saturated carbocycles. The van der Waals surface area contributed by atoms with E-state index < -0.39 is 0 Å². The minimum Gasteiger partial charge on any atom is -0.371 e. The normalized spacial score (nSPS) is 18.2. The fraction of sp³-hybridized carbons (Fsp3) is 0.227. The Hall–Kier alpha value is -2.49. The summed E-state index contributed by atoms with van der Waals surface area (Å²) in [4.78, 5) is 6.88. The molecule has 0 amide bonds. The Morgan fingerprint density at radius 1 is 0.920 bits per heavy atom. The number of benzene rings is 2. The van der Waals surface area contributed by atoms with Gasteiger partial charge in [-0.2, -0.15) is 0 Å². The minimum absolute atomic E-state index is 0.169. The zero-order valence-electron chi connectivity index (χ0n) is 14.2. The van der Waals surface area contributed by atoms with Crippen molar-refractivity contribution in [2.75, 3.05) is 19.7 Å². The minimum atomic E-state index is 0.169. The summed E-state index contributed by atoms with van der Waals surface area (Å²) in [5, 5.41) is 0. The molecule has 0 aliphatic carbocycles. The number of hydrogen-bond donors (Lipinski definition) is 0. The molecule has 2 aromatic carbocycles. The molecule has 0 bridgehead atoms. The number of pyridine rings is 1. The lowest BCUT2D eigenvalue weighted by atomic mass is 10.1. The van der Waals surface area contributed by atoms with Crippen LogP contribution in [0.4, 0.5) is 0 Å². The van der Waals surface area contributed by atoms with Crippen LogP contribution in [0.25, 0.3) is 11.3 Å². The van der Waals surface area contributed by atoms with E-state index >= 15 is 0 Å². The van der Waals surface area contributed by atoms with Gasteiger partial charge in [0.15, 0.2) is 0 Å². The molecule has 1 atom stereocenters. The fourth-order valence-electron chi connectivity index (χ4n) is 3.29. The molecule has 1 aliphatic heterocycles. The van der Waals surface area contributed by atoms with Crippen LogP contribution in [0.2, 0.25) is 0 Å². The summed E-state index contributed by atoms with van der Waals surface area (Å²) < 4.78 is 5.96. The van der Waals surface area contributed by atoms with Crippen molar-refractivity contribution in [3.05, 3.63) is 90.1 Å². The quantitative estimate of drug-likeness (QED) is 0.712. The number of rotatable bonds is 4. The van der Waals surface area contributed by atoms with Crippen molar-refractivity contribution in [2.24, 2.45) is 0 Å². The van der Waals surface area contributed by atoms with Crippen LogP contribution in [0.5, 0.6) is 0 Å². The average Bonchev–Trinajstić information content (AvgIpc) is 2.70. The summed E-state index contributed by atoms with van der Waals surface area (Å²) in [7, 11) is 0. The highest BCUT2D eigenvalue weighted by Gasteiger charge is 2.21. The summed E-state index contributed by atoms with van der Waals surface area (Å²) >= 11 is 0. The highest BCUT2D eigenvalue weighted by Crippen LogP contribution is 2.24. The van der Waals surface area contributed by atoms with Crippen molar-refractivity contribution >= 4 is 0 Å². The van der Waals surface area contributed by atoms with Gasteiger partial charge in [0.2, 0.25) is 0 Å². The van der Waals surface area contributed by atoms with Gasteiger partial charge in [0, 0.05) is 31.4 Å². The van der Waals surface area contributed by atoms with Crippen molar-refractivity contribution in [3.63, 3.8) is 0 Å². The number of hydrogen-bond acceptors (Lipinski definition) is 3. The van der Waals surface area contributed by atoms with Crippen molar-refractivity contribution < 1.29 is 4.74 Å². The van der Waals surface area contributed by atoms with Gasteiger partial charge in [-0.05, 0) is 23.3 Å². The first-order valence-electron chi connectivity index (χ1n) is 8.78. The summed E-state index contributed by atoms with van der Waals surface area (Å²) in [5.74, 6) is 0. The van der Waals surface area contributed by atoms with Crippen molar-refractivity contribution in [1.82, 2.24) is 9.88 Å². The van der Waals surface area contributed by atoms with E-state index in [2.05, 4.69) is 58.4 Å². The maximum Gasteiger partial charge on any atom is 0.0952 e. The molecular weight excluding hydrogens is 308 g/mol. The Balaban J connectivity index is 1.42. The largest absolute Gasteiger partial charge is 0.371 e. The van der Waals surface area contributed by atoms with Crippen molar-refractivity contribution in [1.29, 1.82) is 0 Å². The standard InChI is InChI=1S/C22H22N2O/c1-2-6-20(7-3-1)22-17-24(14-15-25-22)16-18-9-11-19(12-10-18)21-8-4-5-13-23-21/h1-13,22H,14-17H2. The van der Waals surface area contributed by atoms with Gasteiger partial charge in [0.25, 0.3) is 0 Å². The van der Waals surface area contributed by atoms with Gasteiger partial charge in [-0.25, -0.2) is 0 Å². The summed E-state index contributed by atoms with van der Waals surface area (Å²) in [6, 6.07) is 25.2. The van der Waals surface area contributed by atoms with Crippen LogP contribution >= 0.6 is 0 Å². The first kappa shape index (κ1) is 16.0. The molecule has 4 rings (SSSR count). The van der Waals surface area contributed by atoms with Crippen molar-refractivity contribution in [2.45, 2.75) is 12.6 Å². The van der Waals surface area contributed by atoms with E-state index in [1.165, 1.54) is 11.1 Å². The Morgan fingerprint density at radius 3 is 2.48 bits per heavy atom. The smallest absolute Gasteiger partial charge is 0.0952 e. The topological polar surface area (TPSA) is 25.4 Å². The SMILES string of the molecule is c1ccc(C2CN(Cc3ccc(-c4ccccn4)cc3)CCO2)cc1. The van der Waals surface area contributed by atoms with Gasteiger partial charge in [0.05, 0.1) is 18.4 Å². The molecule has 1 aliphatic rings. The first-order valence-corrected chi connectivity index (χ1v) is 8.78. The molecule has 2 heterocycles. The highest BCUT2D eigenvalue weighted by atomic mass is 16.5. The second kappa shape index (κ2) is 7.60. The molecule has 3 nitrogen and oxygen atoms in total. The van der Waals surface area contributed by atoms with Crippen LogP contribution in [0.3, 0.4) is 0 Å². The molecule has 3 heteroatoms. The highest BCUT2D eigenvalue weighted by molar-refractivity contribution is 5.58. The maximum atomic E-state index is 5.96. The predicted molar refractivity (Wildman–Crippen MR) is 100 cm³/mol. The van der Waals surface area contributed by atoms with E-state index in [-0.39, 0.29) is 6.10 Å². The number of nitrogens with zero attached hydrogens (tertiary/aromatic N) is 2. The summed E-state index contributed by atoms with van der Waals surface area (Å²) in [5.41, 5.74) is 4.77. The first-order chi connectivity index (χ1) is 12.4. The molecular formula is C22H22N2O. The molecule has 25 heavy (non-hydrogen) atoms. The number of ether oxygens (including phenoxy) is 1. The Kier molecular flexibility index (Phi) is 4.86. The van der Waals surface area contributed by atoms with Crippen LogP contribution in [-0.2, 0) is 11.3 Å². The molecule has 1 aromatic heterocycles. The molecule has 1 fully saturated rings. The Labute approximate surface area is 148 Å². The van der Waals surface area contributed by atoms with Gasteiger partial charge in [-0.1, -0.05) is 60.7 Å². The Bertz CT molecular complexity index is 787. The van der Waals surface area contributed by atoms with Gasteiger partial charge in [-0.3, -0.25) is 9.88 Å². The van der Waals surface area contributed by atoms with Crippen LogP contribution < -0.4 is 0 Å². The molecule has 1 unspecified atom stereocenters. The third-order valence-corrected chi connectivity index (χ3v) is 4.64. The summed E-state index contributed by atoms with van der Waals surface area (Å²) in [6.07, 6.45) is 2.00. The lowest BCUT2D eigenvalue weighted by Gasteiger charge is -2.33. The predicted octanol–water partition coefficient (Wildman–Crippen LogP) is 4.32. The van der Waals surface area contributed by atoms with Crippen molar-refractivity contribution in [3.8, 4) is 11.3 Å². The van der Waals surface area contributed by atoms with Gasteiger partial charge in [0.1, 0.15) is 0 Å². The molecule has 0 spiro atoms. The van der Waals surface area contributed by atoms with Crippen LogP contribution in [0.15, 0.2) is 79.0 Å². The fourth-order valence-corrected chi connectivity index (χ4v) is 3.29. The van der Waals surface area contributed by atoms with Gasteiger partial charge < -0.3 is 4.74 Å². The van der Waals surface area contributed by atoms with E-state index in [0.29, 0.717) is 0 Å². The molecule has 3 aromatic rings. The van der Waals surface area contributed by atoms with E-state index in [4.69, 9.17) is 4.74 Å². The lowest BCUT2D eigenvalue weighted by molar-refractivity contribution is -0.0329. The second-order valence-corrected chi connectivity index (χ2v) is 6.42.